The van der Waals surface area contributed by atoms with Gasteiger partial charge in [0.1, 0.15) is 0 Å². The van der Waals surface area contributed by atoms with E-state index in [2.05, 4.69) is 114 Å². The number of benzene rings is 6. The Morgan fingerprint density at radius 3 is 1.13 bits per heavy atom. The molecule has 0 bridgehead atoms. The average molecular weight is 692 g/mol. The number of nitrogens with zero attached hydrogens (tertiary/aromatic N) is 5. The Labute approximate surface area is 314 Å². The molecule has 0 unspecified atom stereocenters. The lowest BCUT2D eigenvalue weighted by atomic mass is 9.95. The fraction of sp³-hybridized carbons (Fsp3) is 0. The largest absolute Gasteiger partial charge is 0.264 e. The highest BCUT2D eigenvalue weighted by Gasteiger charge is 2.16. The highest BCUT2D eigenvalue weighted by molar-refractivity contribution is 5.82. The molecule has 3 aromatic heterocycles. The molecule has 0 aliphatic heterocycles. The first-order valence-electron chi connectivity index (χ1n) is 17.9. The molecular formula is C49H33N5. The van der Waals surface area contributed by atoms with E-state index in [0.717, 1.165) is 72.6 Å². The minimum absolute atomic E-state index is 0.599. The van der Waals surface area contributed by atoms with Crippen LogP contribution in [0.4, 0.5) is 0 Å². The number of hydrogen-bond acceptors (Lipinski definition) is 5. The van der Waals surface area contributed by atoms with E-state index in [4.69, 9.17) is 19.9 Å². The first-order chi connectivity index (χ1) is 26.7. The van der Waals surface area contributed by atoms with Crippen LogP contribution in [0.15, 0.2) is 200 Å². The summed E-state index contributed by atoms with van der Waals surface area (Å²) in [4.78, 5) is 24.6. The van der Waals surface area contributed by atoms with E-state index < -0.39 is 0 Å². The number of rotatable bonds is 8. The van der Waals surface area contributed by atoms with Crippen molar-refractivity contribution in [3.8, 4) is 90.1 Å². The standard InChI is InChI=1S/C49H33N5/c1-5-14-34(15-6-1)43-31-45(36-16-7-2-8-17-36)51-46(32-43)37-25-23-35(24-26-37)41-28-42(40-22-13-27-50-33-40)30-44(29-41)49-53-47(38-18-9-3-10-19-38)52-48(54-49)39-20-11-4-12-21-39/h1-33H. The molecule has 0 aliphatic rings. The molecule has 0 amide bonds. The average Bonchev–Trinajstić information content (AvgIpc) is 3.27. The molecule has 254 valence electrons. The topological polar surface area (TPSA) is 64.5 Å². The molecule has 5 nitrogen and oxygen atoms in total. The lowest BCUT2D eigenvalue weighted by Crippen LogP contribution is -2.00. The summed E-state index contributed by atoms with van der Waals surface area (Å²) in [5.74, 6) is 1.84. The summed E-state index contributed by atoms with van der Waals surface area (Å²) >= 11 is 0. The molecule has 9 aromatic rings. The van der Waals surface area contributed by atoms with Crippen LogP contribution in [0.3, 0.4) is 0 Å². The number of pyridine rings is 2. The SMILES string of the molecule is c1ccc(-c2cc(-c3ccccc3)nc(-c3ccc(-c4cc(-c5cccnc5)cc(-c5nc(-c6ccccc6)nc(-c6ccccc6)n5)c4)cc3)c2)cc1. The molecule has 5 heteroatoms. The van der Waals surface area contributed by atoms with Gasteiger partial charge in [-0.2, -0.15) is 0 Å². The molecule has 0 saturated carbocycles. The van der Waals surface area contributed by atoms with E-state index in [1.165, 1.54) is 0 Å². The van der Waals surface area contributed by atoms with E-state index in [0.29, 0.717) is 17.5 Å². The Kier molecular flexibility index (Phi) is 8.86. The molecule has 0 radical (unpaired) electrons. The fourth-order valence-corrected chi connectivity index (χ4v) is 6.63. The zero-order chi connectivity index (χ0) is 36.1. The van der Waals surface area contributed by atoms with Crippen molar-refractivity contribution in [2.45, 2.75) is 0 Å². The van der Waals surface area contributed by atoms with Crippen LogP contribution in [0.2, 0.25) is 0 Å². The summed E-state index contributed by atoms with van der Waals surface area (Å²) in [5.41, 5.74) is 13.1. The second kappa shape index (κ2) is 14.7. The second-order valence-electron chi connectivity index (χ2n) is 13.0. The predicted molar refractivity (Wildman–Crippen MR) is 219 cm³/mol. The molecular weight excluding hydrogens is 659 g/mol. The van der Waals surface area contributed by atoms with Gasteiger partial charge in [-0.1, -0.05) is 152 Å². The van der Waals surface area contributed by atoms with Crippen LogP contribution in [0, 0.1) is 0 Å². The quantitative estimate of drug-likeness (QED) is 0.159. The minimum Gasteiger partial charge on any atom is -0.264 e. The highest BCUT2D eigenvalue weighted by atomic mass is 15.0. The summed E-state index contributed by atoms with van der Waals surface area (Å²) in [7, 11) is 0. The van der Waals surface area contributed by atoms with Crippen molar-refractivity contribution in [1.29, 1.82) is 0 Å². The Morgan fingerprint density at radius 2 is 0.611 bits per heavy atom. The normalized spacial score (nSPS) is 11.0. The molecule has 54 heavy (non-hydrogen) atoms. The third-order valence-corrected chi connectivity index (χ3v) is 9.40. The number of aromatic nitrogens is 5. The summed E-state index contributed by atoms with van der Waals surface area (Å²) in [6, 6.07) is 64.4. The molecule has 0 N–H and O–H groups in total. The van der Waals surface area contributed by atoms with Gasteiger partial charge in [0.05, 0.1) is 11.4 Å². The van der Waals surface area contributed by atoms with Gasteiger partial charge in [0.15, 0.2) is 17.5 Å². The van der Waals surface area contributed by atoms with Gasteiger partial charge in [-0.3, -0.25) is 4.98 Å². The van der Waals surface area contributed by atoms with Gasteiger partial charge in [0.25, 0.3) is 0 Å². The monoisotopic (exact) mass is 691 g/mol. The van der Waals surface area contributed by atoms with Crippen molar-refractivity contribution < 1.29 is 0 Å². The molecule has 0 saturated heterocycles. The molecule has 0 atom stereocenters. The van der Waals surface area contributed by atoms with Crippen molar-refractivity contribution in [3.05, 3.63) is 200 Å². The zero-order valence-electron chi connectivity index (χ0n) is 29.3. The maximum absolute atomic E-state index is 5.15. The van der Waals surface area contributed by atoms with Crippen molar-refractivity contribution in [2.24, 2.45) is 0 Å². The maximum Gasteiger partial charge on any atom is 0.164 e. The van der Waals surface area contributed by atoms with Crippen LogP contribution in [0.1, 0.15) is 0 Å². The van der Waals surface area contributed by atoms with Gasteiger partial charge in [-0.25, -0.2) is 19.9 Å². The third kappa shape index (κ3) is 6.94. The smallest absolute Gasteiger partial charge is 0.164 e. The Hall–Kier alpha value is -7.37. The molecule has 0 aliphatic carbocycles. The highest BCUT2D eigenvalue weighted by Crippen LogP contribution is 2.35. The van der Waals surface area contributed by atoms with Gasteiger partial charge < -0.3 is 0 Å². The van der Waals surface area contributed by atoms with E-state index in [9.17, 15) is 0 Å². The molecule has 0 spiro atoms. The summed E-state index contributed by atoms with van der Waals surface area (Å²) in [6.07, 6.45) is 3.68. The minimum atomic E-state index is 0.599. The first kappa shape index (κ1) is 32.5. The van der Waals surface area contributed by atoms with E-state index in [1.54, 1.807) is 6.20 Å². The maximum atomic E-state index is 5.15. The second-order valence-corrected chi connectivity index (χ2v) is 13.0. The molecule has 6 aromatic carbocycles. The van der Waals surface area contributed by atoms with Gasteiger partial charge >= 0.3 is 0 Å². The van der Waals surface area contributed by atoms with E-state index >= 15 is 0 Å². The Balaban J connectivity index is 1.16. The van der Waals surface area contributed by atoms with Crippen LogP contribution in [0.25, 0.3) is 90.1 Å². The van der Waals surface area contributed by atoms with Crippen molar-refractivity contribution >= 4 is 0 Å². The van der Waals surface area contributed by atoms with Gasteiger partial charge in [-0.15, -0.1) is 0 Å². The van der Waals surface area contributed by atoms with Crippen LogP contribution >= 0.6 is 0 Å². The van der Waals surface area contributed by atoms with Crippen molar-refractivity contribution in [3.63, 3.8) is 0 Å². The third-order valence-electron chi connectivity index (χ3n) is 9.40. The lowest BCUT2D eigenvalue weighted by molar-refractivity contribution is 1.07. The zero-order valence-corrected chi connectivity index (χ0v) is 29.3. The molecule has 3 heterocycles. The van der Waals surface area contributed by atoms with Gasteiger partial charge in [0.2, 0.25) is 0 Å². The molecule has 9 rings (SSSR count). The Morgan fingerprint density at radius 1 is 0.241 bits per heavy atom. The summed E-state index contributed by atoms with van der Waals surface area (Å²) < 4.78 is 0. The van der Waals surface area contributed by atoms with Crippen LogP contribution in [0.5, 0.6) is 0 Å². The van der Waals surface area contributed by atoms with Crippen molar-refractivity contribution in [2.75, 3.05) is 0 Å². The van der Waals surface area contributed by atoms with Crippen LogP contribution < -0.4 is 0 Å². The fourth-order valence-electron chi connectivity index (χ4n) is 6.63. The summed E-state index contributed by atoms with van der Waals surface area (Å²) in [5, 5.41) is 0. The van der Waals surface area contributed by atoms with E-state index in [1.807, 2.05) is 85.1 Å². The first-order valence-corrected chi connectivity index (χ1v) is 17.9. The molecule has 0 fully saturated rings. The van der Waals surface area contributed by atoms with Crippen LogP contribution in [-0.4, -0.2) is 24.9 Å². The van der Waals surface area contributed by atoms with Gasteiger partial charge in [-0.05, 0) is 64.2 Å². The van der Waals surface area contributed by atoms with Crippen molar-refractivity contribution in [1.82, 2.24) is 24.9 Å². The predicted octanol–water partition coefficient (Wildman–Crippen LogP) is 12.0. The Bertz CT molecular complexity index is 2550. The number of hydrogen-bond donors (Lipinski definition) is 0. The van der Waals surface area contributed by atoms with Gasteiger partial charge in [0, 0.05) is 45.8 Å². The van der Waals surface area contributed by atoms with E-state index in [-0.39, 0.29) is 0 Å². The lowest BCUT2D eigenvalue weighted by Gasteiger charge is -2.13. The van der Waals surface area contributed by atoms with Crippen LogP contribution in [-0.2, 0) is 0 Å². The summed E-state index contributed by atoms with van der Waals surface area (Å²) in [6.45, 7) is 0.